The number of nitrogens with zero attached hydrogens (tertiary/aromatic N) is 1. The van der Waals surface area contributed by atoms with E-state index in [0.717, 1.165) is 11.8 Å². The predicted molar refractivity (Wildman–Crippen MR) is 82.0 cm³/mol. The number of carbonyl (C=O) groups is 1. The van der Waals surface area contributed by atoms with Crippen LogP contribution in [-0.2, 0) is 11.2 Å². The molecule has 1 heterocycles. The van der Waals surface area contributed by atoms with Crippen LogP contribution in [0, 0.1) is 10.8 Å². The standard InChI is InChI=1S/C14H18N6O/c1-18-9-11(7-15)12(16)6-13(17)20-14(21)5-10-3-2-4-19-8-10/h2-4,6-9,15,18H,5,16H2,1H3,(H2,17,20,21)/b11-9+,12-6-,15-7?. The average Bonchev–Trinajstić information content (AvgIpc) is 2.45. The first kappa shape index (κ1) is 16.1. The monoisotopic (exact) mass is 286 g/mol. The van der Waals surface area contributed by atoms with Gasteiger partial charge in [0.15, 0.2) is 0 Å². The summed E-state index contributed by atoms with van der Waals surface area (Å²) in [6.45, 7) is 0. The van der Waals surface area contributed by atoms with E-state index < -0.39 is 0 Å². The molecule has 1 aromatic heterocycles. The van der Waals surface area contributed by atoms with Crippen molar-refractivity contribution in [1.29, 1.82) is 10.8 Å². The van der Waals surface area contributed by atoms with Crippen LogP contribution in [0.4, 0.5) is 0 Å². The summed E-state index contributed by atoms with van der Waals surface area (Å²) >= 11 is 0. The molecule has 0 saturated heterocycles. The summed E-state index contributed by atoms with van der Waals surface area (Å²) in [5.41, 5.74) is 7.14. The van der Waals surface area contributed by atoms with Gasteiger partial charge in [-0.2, -0.15) is 0 Å². The number of hydrogen-bond donors (Lipinski definition) is 5. The minimum atomic E-state index is -0.328. The van der Waals surface area contributed by atoms with Crippen LogP contribution in [0.15, 0.2) is 48.1 Å². The maximum Gasteiger partial charge on any atom is 0.229 e. The summed E-state index contributed by atoms with van der Waals surface area (Å²) in [5.74, 6) is -0.462. The van der Waals surface area contributed by atoms with Crippen LogP contribution < -0.4 is 16.4 Å². The summed E-state index contributed by atoms with van der Waals surface area (Å²) in [6, 6.07) is 3.52. The van der Waals surface area contributed by atoms with Crippen molar-refractivity contribution in [3.05, 3.63) is 53.6 Å². The summed E-state index contributed by atoms with van der Waals surface area (Å²) in [7, 11) is 1.68. The molecule has 0 atom stereocenters. The maximum atomic E-state index is 11.7. The molecule has 0 aliphatic heterocycles. The average molecular weight is 286 g/mol. The van der Waals surface area contributed by atoms with E-state index in [4.69, 9.17) is 16.6 Å². The molecule has 1 aromatic rings. The minimum Gasteiger partial charge on any atom is -0.398 e. The number of amidine groups is 1. The fourth-order valence-corrected chi connectivity index (χ4v) is 1.52. The smallest absolute Gasteiger partial charge is 0.229 e. The first-order chi connectivity index (χ1) is 10.1. The number of nitrogens with two attached hydrogens (primary N) is 1. The minimum absolute atomic E-state index is 0.133. The van der Waals surface area contributed by atoms with E-state index >= 15 is 0 Å². The Morgan fingerprint density at radius 1 is 1.52 bits per heavy atom. The Labute approximate surface area is 123 Å². The molecule has 7 nitrogen and oxygen atoms in total. The van der Waals surface area contributed by atoms with Gasteiger partial charge in [0.2, 0.25) is 5.91 Å². The van der Waals surface area contributed by atoms with Crippen molar-refractivity contribution in [1.82, 2.24) is 15.6 Å². The van der Waals surface area contributed by atoms with Crippen LogP contribution in [0.2, 0.25) is 0 Å². The third-order valence-electron chi connectivity index (χ3n) is 2.45. The summed E-state index contributed by atoms with van der Waals surface area (Å²) in [5, 5.41) is 20.1. The Morgan fingerprint density at radius 3 is 2.86 bits per heavy atom. The van der Waals surface area contributed by atoms with E-state index in [1.807, 2.05) is 0 Å². The molecule has 0 spiro atoms. The number of aromatic nitrogens is 1. The summed E-state index contributed by atoms with van der Waals surface area (Å²) in [6.07, 6.45) is 7.23. The predicted octanol–water partition coefficient (Wildman–Crippen LogP) is 0.313. The van der Waals surface area contributed by atoms with E-state index in [9.17, 15) is 4.79 Å². The molecular formula is C14H18N6O. The third-order valence-corrected chi connectivity index (χ3v) is 2.45. The van der Waals surface area contributed by atoms with Crippen molar-refractivity contribution in [3.8, 4) is 0 Å². The molecule has 0 unspecified atom stereocenters. The van der Waals surface area contributed by atoms with Crippen molar-refractivity contribution in [3.63, 3.8) is 0 Å². The van der Waals surface area contributed by atoms with Gasteiger partial charge in [-0.25, -0.2) is 0 Å². The molecule has 0 fully saturated rings. The molecule has 7 heteroatoms. The van der Waals surface area contributed by atoms with Gasteiger partial charge in [-0.15, -0.1) is 0 Å². The zero-order valence-electron chi connectivity index (χ0n) is 11.7. The van der Waals surface area contributed by atoms with Crippen molar-refractivity contribution < 1.29 is 4.79 Å². The van der Waals surface area contributed by atoms with Crippen LogP contribution in [-0.4, -0.2) is 30.0 Å². The molecule has 0 aromatic carbocycles. The Morgan fingerprint density at radius 2 is 2.29 bits per heavy atom. The van der Waals surface area contributed by atoms with Crippen molar-refractivity contribution in [2.24, 2.45) is 5.73 Å². The lowest BCUT2D eigenvalue weighted by Crippen LogP contribution is -2.30. The number of carbonyl (C=O) groups excluding carboxylic acids is 1. The lowest BCUT2D eigenvalue weighted by molar-refractivity contribution is -0.119. The van der Waals surface area contributed by atoms with Crippen LogP contribution >= 0.6 is 0 Å². The first-order valence-electron chi connectivity index (χ1n) is 6.19. The second kappa shape index (κ2) is 8.26. The topological polar surface area (TPSA) is 128 Å². The van der Waals surface area contributed by atoms with Gasteiger partial charge >= 0.3 is 0 Å². The first-order valence-corrected chi connectivity index (χ1v) is 6.19. The Kier molecular flexibility index (Phi) is 6.33. The number of hydrogen-bond acceptors (Lipinski definition) is 6. The zero-order valence-corrected chi connectivity index (χ0v) is 11.7. The molecule has 0 saturated carbocycles. The van der Waals surface area contributed by atoms with Crippen molar-refractivity contribution in [2.75, 3.05) is 7.05 Å². The molecule has 0 radical (unpaired) electrons. The van der Waals surface area contributed by atoms with Gasteiger partial charge in [0.05, 0.1) is 6.42 Å². The molecular weight excluding hydrogens is 268 g/mol. The van der Waals surface area contributed by atoms with E-state index in [1.54, 1.807) is 31.6 Å². The van der Waals surface area contributed by atoms with Crippen LogP contribution in [0.1, 0.15) is 5.56 Å². The number of nitrogens with one attached hydrogen (secondary N) is 4. The molecule has 21 heavy (non-hydrogen) atoms. The molecule has 0 bridgehead atoms. The molecule has 110 valence electrons. The molecule has 0 aliphatic rings. The normalized spacial score (nSPS) is 11.7. The highest BCUT2D eigenvalue weighted by molar-refractivity contribution is 6.04. The lowest BCUT2D eigenvalue weighted by atomic mass is 10.2. The Bertz CT molecular complexity index is 576. The fourth-order valence-electron chi connectivity index (χ4n) is 1.52. The van der Waals surface area contributed by atoms with Crippen molar-refractivity contribution >= 4 is 18.0 Å². The van der Waals surface area contributed by atoms with Gasteiger partial charge in [-0.05, 0) is 11.6 Å². The zero-order chi connectivity index (χ0) is 15.7. The van der Waals surface area contributed by atoms with E-state index in [0.29, 0.717) is 5.57 Å². The van der Waals surface area contributed by atoms with Gasteiger partial charge in [-0.3, -0.25) is 15.2 Å². The third kappa shape index (κ3) is 5.68. The van der Waals surface area contributed by atoms with Crippen LogP contribution in [0.25, 0.3) is 0 Å². The van der Waals surface area contributed by atoms with Crippen LogP contribution in [0.5, 0.6) is 0 Å². The Balaban J connectivity index is 2.62. The maximum absolute atomic E-state index is 11.7. The van der Waals surface area contributed by atoms with E-state index in [-0.39, 0.29) is 23.9 Å². The lowest BCUT2D eigenvalue weighted by Gasteiger charge is -2.06. The number of rotatable bonds is 6. The van der Waals surface area contributed by atoms with Crippen LogP contribution in [0.3, 0.4) is 0 Å². The van der Waals surface area contributed by atoms with Gasteiger partial charge < -0.3 is 21.8 Å². The second-order valence-corrected chi connectivity index (χ2v) is 4.13. The molecule has 0 aliphatic carbocycles. The summed E-state index contributed by atoms with van der Waals surface area (Å²) in [4.78, 5) is 15.7. The second-order valence-electron chi connectivity index (χ2n) is 4.13. The number of amides is 1. The van der Waals surface area contributed by atoms with Gasteiger partial charge in [0.1, 0.15) is 5.84 Å². The quantitative estimate of drug-likeness (QED) is 0.293. The van der Waals surface area contributed by atoms with Gasteiger partial charge in [-0.1, -0.05) is 6.07 Å². The van der Waals surface area contributed by atoms with Crippen molar-refractivity contribution in [2.45, 2.75) is 6.42 Å². The number of pyridine rings is 1. The number of allylic oxidation sites excluding steroid dienone is 1. The molecule has 6 N–H and O–H groups in total. The highest BCUT2D eigenvalue weighted by Crippen LogP contribution is 2.00. The largest absolute Gasteiger partial charge is 0.398 e. The van der Waals surface area contributed by atoms with Gasteiger partial charge in [0, 0.05) is 49.2 Å². The van der Waals surface area contributed by atoms with E-state index in [2.05, 4.69) is 15.6 Å². The molecule has 1 rings (SSSR count). The summed E-state index contributed by atoms with van der Waals surface area (Å²) < 4.78 is 0. The van der Waals surface area contributed by atoms with Gasteiger partial charge in [0.25, 0.3) is 0 Å². The SMILES string of the molecule is CN/C=C(C=N)/C(N)=C/C(=N)NC(=O)Cc1cccnc1. The highest BCUT2D eigenvalue weighted by atomic mass is 16.1. The van der Waals surface area contributed by atoms with E-state index in [1.165, 1.54) is 12.3 Å². The Hall–Kier alpha value is -2.96. The highest BCUT2D eigenvalue weighted by Gasteiger charge is 2.06. The molecule has 1 amide bonds. The fraction of sp³-hybridized carbons (Fsp3) is 0.143.